The highest BCUT2D eigenvalue weighted by Gasteiger charge is 2.26. The van der Waals surface area contributed by atoms with Gasteiger partial charge in [-0.3, -0.25) is 4.79 Å². The number of aliphatic hydroxyl groups excluding tert-OH is 2. The van der Waals surface area contributed by atoms with Gasteiger partial charge in [0.2, 0.25) is 0 Å². The smallest absolute Gasteiger partial charge is 0.335 e. The van der Waals surface area contributed by atoms with Gasteiger partial charge in [0.25, 0.3) is 0 Å². The van der Waals surface area contributed by atoms with Crippen LogP contribution in [-0.4, -0.2) is 48.6 Å². The first-order chi connectivity index (χ1) is 20.3. The van der Waals surface area contributed by atoms with Gasteiger partial charge < -0.3 is 19.7 Å². The van der Waals surface area contributed by atoms with E-state index >= 15 is 0 Å². The molecule has 42 heavy (non-hydrogen) atoms. The van der Waals surface area contributed by atoms with Crippen LogP contribution in [0.25, 0.3) is 11.1 Å². The largest absolute Gasteiger partial charge is 0.465 e. The third-order valence-corrected chi connectivity index (χ3v) is 8.67. The molecule has 0 spiro atoms. The van der Waals surface area contributed by atoms with Gasteiger partial charge in [0.1, 0.15) is 0 Å². The van der Waals surface area contributed by atoms with Crippen molar-refractivity contribution in [3.63, 3.8) is 0 Å². The molecule has 6 nitrogen and oxygen atoms in total. The Kier molecular flexibility index (Phi) is 13.8. The molecule has 230 valence electrons. The van der Waals surface area contributed by atoms with E-state index in [9.17, 15) is 19.8 Å². The molecule has 2 aromatic rings. The maximum absolute atomic E-state index is 12.1. The van der Waals surface area contributed by atoms with Crippen LogP contribution in [-0.2, 0) is 31.9 Å². The molecule has 1 aliphatic carbocycles. The first-order valence-corrected chi connectivity index (χ1v) is 15.7. The summed E-state index contributed by atoms with van der Waals surface area (Å²) in [5.74, 6) is -0.494. The normalized spacial score (nSPS) is 18.2. The van der Waals surface area contributed by atoms with Gasteiger partial charge in [-0.15, -0.1) is 0 Å². The molecule has 0 heterocycles. The summed E-state index contributed by atoms with van der Waals surface area (Å²) in [5.41, 5.74) is 6.86. The number of aryl methyl sites for hydroxylation is 2. The minimum absolute atomic E-state index is 0.0310. The number of benzene rings is 2. The summed E-state index contributed by atoms with van der Waals surface area (Å²) in [6.07, 6.45) is 9.17. The number of carbonyl (C=O) groups is 2. The lowest BCUT2D eigenvalue weighted by molar-refractivity contribution is -0.150. The van der Waals surface area contributed by atoms with Crippen LogP contribution in [0.4, 0.5) is 0 Å². The molecular formula is C36H50O6. The topological polar surface area (TPSA) is 93.1 Å². The number of esters is 2. The molecule has 0 aromatic heterocycles. The van der Waals surface area contributed by atoms with Crippen LogP contribution in [0, 0.1) is 17.8 Å². The van der Waals surface area contributed by atoms with Crippen molar-refractivity contribution in [1.82, 2.24) is 0 Å². The van der Waals surface area contributed by atoms with Crippen molar-refractivity contribution in [2.75, 3.05) is 26.4 Å². The molecule has 1 saturated carbocycles. The maximum Gasteiger partial charge on any atom is 0.335 e. The molecule has 1 fully saturated rings. The lowest BCUT2D eigenvalue weighted by Gasteiger charge is -2.31. The number of carbonyl (C=O) groups excluding carboxylic acids is 2. The minimum Gasteiger partial charge on any atom is -0.465 e. The van der Waals surface area contributed by atoms with Crippen LogP contribution in [0.15, 0.2) is 54.6 Å². The maximum atomic E-state index is 12.1. The van der Waals surface area contributed by atoms with Crippen molar-refractivity contribution in [2.45, 2.75) is 84.5 Å². The zero-order chi connectivity index (χ0) is 30.5. The van der Waals surface area contributed by atoms with Gasteiger partial charge in [0, 0.05) is 0 Å². The Morgan fingerprint density at radius 1 is 1.00 bits per heavy atom. The molecule has 2 atom stereocenters. The van der Waals surface area contributed by atoms with Crippen molar-refractivity contribution in [3.05, 3.63) is 71.3 Å². The predicted molar refractivity (Wildman–Crippen MR) is 167 cm³/mol. The molecule has 0 saturated heterocycles. The van der Waals surface area contributed by atoms with Crippen molar-refractivity contribution in [2.24, 2.45) is 17.8 Å². The van der Waals surface area contributed by atoms with Crippen molar-refractivity contribution in [1.29, 1.82) is 0 Å². The lowest BCUT2D eigenvalue weighted by atomic mass is 9.75. The van der Waals surface area contributed by atoms with Gasteiger partial charge in [-0.25, -0.2) is 4.79 Å². The highest BCUT2D eigenvalue weighted by atomic mass is 16.5. The Labute approximate surface area is 252 Å². The van der Waals surface area contributed by atoms with E-state index in [0.29, 0.717) is 18.3 Å². The Morgan fingerprint density at radius 2 is 1.71 bits per heavy atom. The van der Waals surface area contributed by atoms with Crippen molar-refractivity contribution in [3.8, 4) is 11.1 Å². The Balaban J connectivity index is 1.59. The Bertz CT molecular complexity index is 1150. The number of hydrogen-bond acceptors (Lipinski definition) is 6. The lowest BCUT2D eigenvalue weighted by Crippen LogP contribution is -2.24. The number of ether oxygens (including phenoxy) is 2. The fourth-order valence-corrected chi connectivity index (χ4v) is 5.96. The van der Waals surface area contributed by atoms with Crippen LogP contribution >= 0.6 is 0 Å². The first-order valence-electron chi connectivity index (χ1n) is 15.7. The van der Waals surface area contributed by atoms with Gasteiger partial charge in [-0.2, -0.15) is 0 Å². The molecule has 0 aliphatic heterocycles. The fourth-order valence-electron chi connectivity index (χ4n) is 5.96. The van der Waals surface area contributed by atoms with Crippen LogP contribution < -0.4 is 0 Å². The molecule has 2 N–H and O–H groups in total. The molecule has 0 bridgehead atoms. The van der Waals surface area contributed by atoms with Crippen LogP contribution in [0.1, 0.15) is 88.3 Å². The van der Waals surface area contributed by atoms with Gasteiger partial charge in [-0.1, -0.05) is 69.3 Å². The summed E-state index contributed by atoms with van der Waals surface area (Å²) in [5, 5.41) is 18.4. The van der Waals surface area contributed by atoms with E-state index in [2.05, 4.69) is 62.9 Å². The third-order valence-electron chi connectivity index (χ3n) is 8.67. The van der Waals surface area contributed by atoms with Crippen LogP contribution in [0.2, 0.25) is 0 Å². The molecule has 2 aromatic carbocycles. The molecule has 1 aliphatic rings. The second-order valence-electron chi connectivity index (χ2n) is 11.9. The molecule has 3 rings (SSSR count). The van der Waals surface area contributed by atoms with Gasteiger partial charge >= 0.3 is 11.9 Å². The summed E-state index contributed by atoms with van der Waals surface area (Å²) >= 11 is 0. The van der Waals surface area contributed by atoms with E-state index in [1.165, 1.54) is 27.8 Å². The number of aliphatic hydroxyl groups is 2. The van der Waals surface area contributed by atoms with Crippen molar-refractivity contribution >= 4 is 11.9 Å². The average Bonchev–Trinajstić information content (AvgIpc) is 3.03. The van der Waals surface area contributed by atoms with Gasteiger partial charge in [0.15, 0.2) is 0 Å². The van der Waals surface area contributed by atoms with E-state index in [1.807, 2.05) is 0 Å². The van der Waals surface area contributed by atoms with Crippen molar-refractivity contribution < 1.29 is 29.3 Å². The zero-order valence-corrected chi connectivity index (χ0v) is 25.8. The predicted octanol–water partition coefficient (Wildman–Crippen LogP) is 6.80. The first kappa shape index (κ1) is 33.5. The summed E-state index contributed by atoms with van der Waals surface area (Å²) < 4.78 is 10.8. The second kappa shape index (κ2) is 17.2. The van der Waals surface area contributed by atoms with E-state index in [4.69, 9.17) is 9.47 Å². The quantitative estimate of drug-likeness (QED) is 0.168. The summed E-state index contributed by atoms with van der Waals surface area (Å²) in [6, 6.07) is 16.1. The number of rotatable bonds is 16. The zero-order valence-electron chi connectivity index (χ0n) is 25.8. The van der Waals surface area contributed by atoms with E-state index < -0.39 is 24.5 Å². The molecule has 6 heteroatoms. The Morgan fingerprint density at radius 3 is 2.33 bits per heavy atom. The molecular weight excluding hydrogens is 528 g/mol. The Hall–Kier alpha value is -2.96. The minimum atomic E-state index is -0.593. The molecule has 0 amide bonds. The van der Waals surface area contributed by atoms with E-state index in [0.717, 1.165) is 51.4 Å². The monoisotopic (exact) mass is 578 g/mol. The number of hydrogen-bond donors (Lipinski definition) is 2. The standard InChI is InChI=1S/C36H50O6/c1-5-7-27-8-14-32(15-9-27)34-17-16-33(21-30(34)6-2)31-12-10-28(11-13-31)20-29(24-42-36(40)26(4)23-38)18-19-41-35(39)25(3)22-37/h8-9,14-17,21,25,28-29,31,37-38H,4-7,10-13,18-20,22-24H2,1-3H3. The van der Waals surface area contributed by atoms with Crippen LogP contribution in [0.5, 0.6) is 0 Å². The third kappa shape index (κ3) is 9.81. The average molecular weight is 579 g/mol. The molecule has 0 radical (unpaired) electrons. The SMILES string of the molecule is C=C(CO)C(=O)OCC(CCOC(=O)C(C)CO)CC1CCC(c2ccc(-c3ccc(CCC)cc3)c(CC)c2)CC1. The summed E-state index contributed by atoms with van der Waals surface area (Å²) in [4.78, 5) is 24.1. The van der Waals surface area contributed by atoms with E-state index in [-0.39, 0.29) is 31.3 Å². The molecule has 2 unspecified atom stereocenters. The summed E-state index contributed by atoms with van der Waals surface area (Å²) in [6.45, 7) is 9.35. The van der Waals surface area contributed by atoms with Gasteiger partial charge in [0.05, 0.1) is 37.9 Å². The van der Waals surface area contributed by atoms with E-state index in [1.54, 1.807) is 6.92 Å². The van der Waals surface area contributed by atoms with Crippen LogP contribution in [0.3, 0.4) is 0 Å². The highest BCUT2D eigenvalue weighted by Crippen LogP contribution is 2.40. The fraction of sp³-hybridized carbons (Fsp3) is 0.556. The summed E-state index contributed by atoms with van der Waals surface area (Å²) in [7, 11) is 0. The second-order valence-corrected chi connectivity index (χ2v) is 11.9. The highest BCUT2D eigenvalue weighted by molar-refractivity contribution is 5.87. The van der Waals surface area contributed by atoms with Gasteiger partial charge in [-0.05, 0) is 104 Å².